The fraction of sp³-hybridized carbons (Fsp3) is 0.154. The third-order valence-electron chi connectivity index (χ3n) is 5.19. The second-order valence-corrected chi connectivity index (χ2v) is 8.97. The zero-order valence-corrected chi connectivity index (χ0v) is 21.0. The summed E-state index contributed by atoms with van der Waals surface area (Å²) in [5.74, 6) is -0.272. The van der Waals surface area contributed by atoms with Crippen LogP contribution in [-0.2, 0) is 17.9 Å². The first-order valence-corrected chi connectivity index (χ1v) is 11.9. The van der Waals surface area contributed by atoms with Crippen LogP contribution in [0.3, 0.4) is 0 Å². The Balaban J connectivity index is 1.55. The number of hydrogen-bond donors (Lipinski definition) is 1. The Morgan fingerprint density at radius 2 is 1.83 bits per heavy atom. The number of hydrogen-bond acceptors (Lipinski definition) is 4. The molecular weight excluding hydrogens is 539 g/mol. The third kappa shape index (κ3) is 5.83. The molecule has 0 atom stereocenters. The maximum Gasteiger partial charge on any atom is 0.329 e. The summed E-state index contributed by atoms with van der Waals surface area (Å²) in [5, 5.41) is 2.83. The van der Waals surface area contributed by atoms with Crippen LogP contribution in [0.4, 0.5) is 9.18 Å². The van der Waals surface area contributed by atoms with Crippen LogP contribution in [0.2, 0.25) is 5.02 Å². The molecule has 3 amide bonds. The summed E-state index contributed by atoms with van der Waals surface area (Å²) in [6.45, 7) is 2.31. The molecule has 0 bridgehead atoms. The third-order valence-corrected chi connectivity index (χ3v) is 6.00. The summed E-state index contributed by atoms with van der Waals surface area (Å²) < 4.78 is 26.6. The molecule has 9 heteroatoms. The predicted octanol–water partition coefficient (Wildman–Crippen LogP) is 6.31. The molecule has 0 radical (unpaired) electrons. The fourth-order valence-electron chi connectivity index (χ4n) is 3.49. The highest BCUT2D eigenvalue weighted by atomic mass is 79.9. The van der Waals surface area contributed by atoms with E-state index in [9.17, 15) is 14.0 Å². The van der Waals surface area contributed by atoms with E-state index in [1.165, 1.54) is 18.2 Å². The number of benzene rings is 3. The van der Waals surface area contributed by atoms with Gasteiger partial charge in [-0.05, 0) is 54.5 Å². The van der Waals surface area contributed by atoms with Crippen molar-refractivity contribution >= 4 is 45.5 Å². The molecule has 0 unspecified atom stereocenters. The van der Waals surface area contributed by atoms with E-state index < -0.39 is 17.8 Å². The number of imide groups is 1. The Hall–Kier alpha value is -3.36. The first kappa shape index (κ1) is 24.8. The first-order chi connectivity index (χ1) is 16.9. The van der Waals surface area contributed by atoms with E-state index in [1.807, 2.05) is 31.2 Å². The monoisotopic (exact) mass is 558 g/mol. The van der Waals surface area contributed by atoms with Crippen molar-refractivity contribution in [3.63, 3.8) is 0 Å². The van der Waals surface area contributed by atoms with Crippen molar-refractivity contribution in [3.05, 3.63) is 98.4 Å². The minimum Gasteiger partial charge on any atom is -0.490 e. The number of carbonyl (C=O) groups is 2. The van der Waals surface area contributed by atoms with Gasteiger partial charge in [-0.2, -0.15) is 0 Å². The highest BCUT2D eigenvalue weighted by Crippen LogP contribution is 2.38. The number of ether oxygens (including phenoxy) is 2. The summed E-state index contributed by atoms with van der Waals surface area (Å²) >= 11 is 9.90. The number of nitrogens with one attached hydrogen (secondary N) is 1. The molecule has 1 saturated heterocycles. The smallest absolute Gasteiger partial charge is 0.329 e. The van der Waals surface area contributed by atoms with Gasteiger partial charge >= 0.3 is 6.03 Å². The molecule has 1 aliphatic heterocycles. The summed E-state index contributed by atoms with van der Waals surface area (Å²) in [7, 11) is 0. The Kier molecular flexibility index (Phi) is 7.73. The number of amides is 3. The maximum absolute atomic E-state index is 14.0. The topological polar surface area (TPSA) is 67.9 Å². The van der Waals surface area contributed by atoms with Gasteiger partial charge in [0.25, 0.3) is 5.91 Å². The van der Waals surface area contributed by atoms with Crippen LogP contribution in [0, 0.1) is 5.82 Å². The Morgan fingerprint density at radius 1 is 1.09 bits per heavy atom. The van der Waals surface area contributed by atoms with Crippen LogP contribution in [-0.4, -0.2) is 23.4 Å². The van der Waals surface area contributed by atoms with Crippen LogP contribution < -0.4 is 14.8 Å². The van der Waals surface area contributed by atoms with E-state index in [0.29, 0.717) is 28.7 Å². The van der Waals surface area contributed by atoms with Crippen molar-refractivity contribution in [2.24, 2.45) is 0 Å². The van der Waals surface area contributed by atoms with Crippen molar-refractivity contribution in [3.8, 4) is 11.5 Å². The lowest BCUT2D eigenvalue weighted by molar-refractivity contribution is -0.123. The van der Waals surface area contributed by atoms with Crippen LogP contribution in [0.5, 0.6) is 11.5 Å². The molecule has 1 heterocycles. The van der Waals surface area contributed by atoms with E-state index in [1.54, 1.807) is 24.3 Å². The van der Waals surface area contributed by atoms with E-state index >= 15 is 0 Å². The van der Waals surface area contributed by atoms with E-state index in [-0.39, 0.29) is 24.4 Å². The number of carbonyl (C=O) groups excluding carboxylic acids is 2. The lowest BCUT2D eigenvalue weighted by Gasteiger charge is -2.15. The second-order valence-electron chi connectivity index (χ2n) is 7.65. The molecule has 35 heavy (non-hydrogen) atoms. The van der Waals surface area contributed by atoms with Crippen molar-refractivity contribution in [1.82, 2.24) is 10.2 Å². The Morgan fingerprint density at radius 3 is 2.54 bits per heavy atom. The molecule has 0 spiro atoms. The van der Waals surface area contributed by atoms with Crippen molar-refractivity contribution < 1.29 is 23.5 Å². The lowest BCUT2D eigenvalue weighted by atomic mass is 10.1. The number of urea groups is 1. The molecule has 1 fully saturated rings. The predicted molar refractivity (Wildman–Crippen MR) is 135 cm³/mol. The molecule has 1 N–H and O–H groups in total. The standard InChI is InChI=1S/C26H21BrClFN2O4/c1-2-34-23-13-17(11-20(28)24(23)35-15-16-7-9-19(27)10-8-16)12-22-25(32)31(26(33)30-22)14-18-5-3-4-6-21(18)29/h3-13H,2,14-15H2,1H3,(H,30,33)/b22-12+. The molecule has 3 aromatic carbocycles. The number of halogens is 3. The van der Waals surface area contributed by atoms with Crippen molar-refractivity contribution in [2.45, 2.75) is 20.1 Å². The van der Waals surface area contributed by atoms with Gasteiger partial charge in [-0.3, -0.25) is 9.69 Å². The second kappa shape index (κ2) is 10.9. The van der Waals surface area contributed by atoms with Crippen molar-refractivity contribution in [2.75, 3.05) is 6.61 Å². The van der Waals surface area contributed by atoms with Gasteiger partial charge in [-0.1, -0.05) is 57.9 Å². The average Bonchev–Trinajstić information content (AvgIpc) is 3.08. The maximum atomic E-state index is 14.0. The van der Waals surface area contributed by atoms with E-state index in [4.69, 9.17) is 21.1 Å². The Bertz CT molecular complexity index is 1300. The molecule has 4 rings (SSSR count). The van der Waals surface area contributed by atoms with Gasteiger partial charge in [-0.25, -0.2) is 9.18 Å². The van der Waals surface area contributed by atoms with Gasteiger partial charge in [0.1, 0.15) is 18.1 Å². The minimum atomic E-state index is -0.630. The largest absolute Gasteiger partial charge is 0.490 e. The summed E-state index contributed by atoms with van der Waals surface area (Å²) in [4.78, 5) is 26.2. The van der Waals surface area contributed by atoms with Crippen LogP contribution in [0.1, 0.15) is 23.6 Å². The fourth-order valence-corrected chi connectivity index (χ4v) is 4.03. The van der Waals surface area contributed by atoms with Gasteiger partial charge in [0, 0.05) is 10.0 Å². The number of rotatable bonds is 8. The molecule has 6 nitrogen and oxygen atoms in total. The van der Waals surface area contributed by atoms with Gasteiger partial charge < -0.3 is 14.8 Å². The van der Waals surface area contributed by atoms with Crippen molar-refractivity contribution in [1.29, 1.82) is 0 Å². The van der Waals surface area contributed by atoms with Crippen LogP contribution in [0.25, 0.3) is 6.08 Å². The summed E-state index contributed by atoms with van der Waals surface area (Å²) in [6.07, 6.45) is 1.49. The highest BCUT2D eigenvalue weighted by Gasteiger charge is 2.34. The summed E-state index contributed by atoms with van der Waals surface area (Å²) in [6, 6.07) is 16.4. The van der Waals surface area contributed by atoms with Gasteiger partial charge in [0.15, 0.2) is 11.5 Å². The molecular formula is C26H21BrClFN2O4. The SMILES string of the molecule is CCOc1cc(/C=C2/NC(=O)N(Cc3ccccc3F)C2=O)cc(Cl)c1OCc1ccc(Br)cc1. The van der Waals surface area contributed by atoms with E-state index in [2.05, 4.69) is 21.2 Å². The molecule has 1 aliphatic rings. The quantitative estimate of drug-likeness (QED) is 0.259. The average molecular weight is 560 g/mol. The van der Waals surface area contributed by atoms with Crippen LogP contribution in [0.15, 0.2) is 70.8 Å². The Labute approximate surface area is 215 Å². The first-order valence-electron chi connectivity index (χ1n) is 10.8. The molecule has 3 aromatic rings. The van der Waals surface area contributed by atoms with E-state index in [0.717, 1.165) is 14.9 Å². The van der Waals surface area contributed by atoms with Crippen LogP contribution >= 0.6 is 27.5 Å². The lowest BCUT2D eigenvalue weighted by Crippen LogP contribution is -2.30. The van der Waals surface area contributed by atoms with Gasteiger partial charge in [0.2, 0.25) is 0 Å². The molecule has 0 aliphatic carbocycles. The minimum absolute atomic E-state index is 0.0494. The molecule has 0 aromatic heterocycles. The van der Waals surface area contributed by atoms with Gasteiger partial charge in [-0.15, -0.1) is 0 Å². The molecule has 180 valence electrons. The number of nitrogens with zero attached hydrogens (tertiary/aromatic N) is 1. The zero-order chi connectivity index (χ0) is 24.9. The normalized spacial score (nSPS) is 14.4. The molecule has 0 saturated carbocycles. The summed E-state index contributed by atoms with van der Waals surface area (Å²) in [5.41, 5.74) is 1.78. The van der Waals surface area contributed by atoms with Gasteiger partial charge in [0.05, 0.1) is 18.2 Å². The zero-order valence-electron chi connectivity index (χ0n) is 18.7. The highest BCUT2D eigenvalue weighted by molar-refractivity contribution is 9.10.